The van der Waals surface area contributed by atoms with E-state index < -0.39 is 38.0 Å². The third-order valence-corrected chi connectivity index (χ3v) is 3.92. The van der Waals surface area contributed by atoms with E-state index in [1.807, 2.05) is 6.92 Å². The minimum atomic E-state index is -3.99. The van der Waals surface area contributed by atoms with E-state index in [2.05, 4.69) is 0 Å². The Hall–Kier alpha value is -1.96. The molecule has 0 aliphatic carbocycles. The summed E-state index contributed by atoms with van der Waals surface area (Å²) >= 11 is 0. The summed E-state index contributed by atoms with van der Waals surface area (Å²) in [7, 11) is -2.50. The second-order valence-electron chi connectivity index (χ2n) is 4.64. The number of carboxylic acids is 1. The Morgan fingerprint density at radius 2 is 1.90 bits per heavy atom. The van der Waals surface area contributed by atoms with E-state index in [-0.39, 0.29) is 5.56 Å². The predicted octanol–water partition coefficient (Wildman–Crippen LogP) is 1.41. The molecule has 0 radical (unpaired) electrons. The van der Waals surface area contributed by atoms with Crippen LogP contribution in [0, 0.1) is 5.82 Å². The zero-order chi connectivity index (χ0) is 16.4. The molecule has 8 heteroatoms. The van der Waals surface area contributed by atoms with E-state index >= 15 is 0 Å². The summed E-state index contributed by atoms with van der Waals surface area (Å²) in [5, 5.41) is 8.94. The average molecular weight is 317 g/mol. The molecule has 1 aromatic rings. The van der Waals surface area contributed by atoms with E-state index in [9.17, 15) is 22.4 Å². The van der Waals surface area contributed by atoms with Crippen molar-refractivity contribution >= 4 is 21.7 Å². The molecule has 0 saturated heterocycles. The molecule has 0 aromatic heterocycles. The molecule has 116 valence electrons. The van der Waals surface area contributed by atoms with Crippen LogP contribution in [0.3, 0.4) is 0 Å². The molecule has 21 heavy (non-hydrogen) atoms. The van der Waals surface area contributed by atoms with Crippen LogP contribution in [0.15, 0.2) is 17.0 Å². The summed E-state index contributed by atoms with van der Waals surface area (Å²) < 4.78 is 37.0. The molecule has 0 bridgehead atoms. The number of sulfone groups is 1. The van der Waals surface area contributed by atoms with E-state index in [4.69, 9.17) is 5.11 Å². The van der Waals surface area contributed by atoms with Gasteiger partial charge in [-0.3, -0.25) is 4.79 Å². The van der Waals surface area contributed by atoms with Gasteiger partial charge in [0, 0.05) is 25.4 Å². The Morgan fingerprint density at radius 1 is 1.33 bits per heavy atom. The summed E-state index contributed by atoms with van der Waals surface area (Å²) in [6.45, 7) is 2.26. The number of halogens is 1. The number of hydrogen-bond donors (Lipinski definition) is 1. The minimum absolute atomic E-state index is 0.176. The van der Waals surface area contributed by atoms with Gasteiger partial charge in [-0.05, 0) is 18.6 Å². The molecular formula is C13H16FNO5S. The van der Waals surface area contributed by atoms with Gasteiger partial charge in [0.1, 0.15) is 4.90 Å². The third kappa shape index (κ3) is 3.78. The zero-order valence-electron chi connectivity index (χ0n) is 11.9. The second-order valence-corrected chi connectivity index (χ2v) is 6.62. The first kappa shape index (κ1) is 17.1. The van der Waals surface area contributed by atoms with Crippen LogP contribution in [0.4, 0.5) is 4.39 Å². The number of nitrogens with zero attached hydrogens (tertiary/aromatic N) is 1. The van der Waals surface area contributed by atoms with Crippen LogP contribution in [0.5, 0.6) is 0 Å². The third-order valence-electron chi connectivity index (χ3n) is 2.82. The lowest BCUT2D eigenvalue weighted by atomic mass is 10.1. The molecule has 1 N–H and O–H groups in total. The second kappa shape index (κ2) is 6.21. The number of aromatic carboxylic acids is 1. The predicted molar refractivity (Wildman–Crippen MR) is 73.7 cm³/mol. The molecule has 0 aliphatic heterocycles. The van der Waals surface area contributed by atoms with Crippen LogP contribution in [-0.4, -0.2) is 50.1 Å². The molecule has 0 fully saturated rings. The van der Waals surface area contributed by atoms with Gasteiger partial charge in [0.05, 0.1) is 5.56 Å². The Kier molecular flexibility index (Phi) is 5.06. The van der Waals surface area contributed by atoms with Crippen LogP contribution in [0.2, 0.25) is 0 Å². The Balaban J connectivity index is 3.52. The molecule has 1 aromatic carbocycles. The van der Waals surface area contributed by atoms with Gasteiger partial charge >= 0.3 is 5.97 Å². The average Bonchev–Trinajstić information content (AvgIpc) is 2.36. The van der Waals surface area contributed by atoms with Crippen molar-refractivity contribution in [1.29, 1.82) is 0 Å². The fourth-order valence-corrected chi connectivity index (χ4v) is 2.58. The fourth-order valence-electron chi connectivity index (χ4n) is 1.80. The molecule has 0 heterocycles. The normalized spacial score (nSPS) is 11.2. The number of rotatable bonds is 5. The number of hydrogen-bond acceptors (Lipinski definition) is 4. The summed E-state index contributed by atoms with van der Waals surface area (Å²) in [5.74, 6) is -3.56. The maximum Gasteiger partial charge on any atom is 0.338 e. The van der Waals surface area contributed by atoms with E-state index in [1.54, 1.807) is 0 Å². The molecule has 6 nitrogen and oxygen atoms in total. The van der Waals surface area contributed by atoms with Crippen molar-refractivity contribution in [3.63, 3.8) is 0 Å². The molecule has 0 aliphatic rings. The van der Waals surface area contributed by atoms with Crippen molar-refractivity contribution in [2.75, 3.05) is 19.8 Å². The molecule has 1 amide bonds. The summed E-state index contributed by atoms with van der Waals surface area (Å²) in [6, 6.07) is 1.71. The number of carboxylic acid groups (broad SMARTS) is 1. The van der Waals surface area contributed by atoms with Crippen molar-refractivity contribution < 1.29 is 27.5 Å². The van der Waals surface area contributed by atoms with Crippen LogP contribution in [0.25, 0.3) is 0 Å². The highest BCUT2D eigenvalue weighted by atomic mass is 32.2. The zero-order valence-corrected chi connectivity index (χ0v) is 12.7. The molecule has 0 spiro atoms. The first-order valence-electron chi connectivity index (χ1n) is 6.12. The van der Waals surface area contributed by atoms with Crippen molar-refractivity contribution in [2.24, 2.45) is 0 Å². The largest absolute Gasteiger partial charge is 0.478 e. The lowest BCUT2D eigenvalue weighted by Crippen LogP contribution is -2.28. The SMILES string of the molecule is CCCN(C)C(=O)c1cc(C(=O)O)c(F)c(S(C)(=O)=O)c1. The molecule has 0 unspecified atom stereocenters. The van der Waals surface area contributed by atoms with Gasteiger partial charge in [0.25, 0.3) is 5.91 Å². The van der Waals surface area contributed by atoms with Gasteiger partial charge < -0.3 is 10.0 Å². The molecule has 0 atom stereocenters. The Labute approximate surface area is 122 Å². The van der Waals surface area contributed by atoms with Crippen LogP contribution < -0.4 is 0 Å². The summed E-state index contributed by atoms with van der Waals surface area (Å²) in [6.07, 6.45) is 1.43. The number of carbonyl (C=O) groups is 2. The summed E-state index contributed by atoms with van der Waals surface area (Å²) in [4.78, 5) is 23.6. The monoisotopic (exact) mass is 317 g/mol. The first-order chi connectivity index (χ1) is 9.59. The van der Waals surface area contributed by atoms with E-state index in [0.29, 0.717) is 13.0 Å². The van der Waals surface area contributed by atoms with Gasteiger partial charge in [-0.15, -0.1) is 0 Å². The van der Waals surface area contributed by atoms with Crippen LogP contribution in [0.1, 0.15) is 34.1 Å². The first-order valence-corrected chi connectivity index (χ1v) is 8.01. The van der Waals surface area contributed by atoms with Gasteiger partial charge in [0.15, 0.2) is 15.7 Å². The van der Waals surface area contributed by atoms with Crippen molar-refractivity contribution in [3.8, 4) is 0 Å². The van der Waals surface area contributed by atoms with Gasteiger partial charge in [-0.1, -0.05) is 6.92 Å². The smallest absolute Gasteiger partial charge is 0.338 e. The quantitative estimate of drug-likeness (QED) is 0.886. The topological polar surface area (TPSA) is 91.8 Å². The molecule has 1 rings (SSSR count). The highest BCUT2D eigenvalue weighted by molar-refractivity contribution is 7.90. The van der Waals surface area contributed by atoms with Crippen molar-refractivity contribution in [3.05, 3.63) is 29.1 Å². The van der Waals surface area contributed by atoms with Crippen molar-refractivity contribution in [1.82, 2.24) is 4.90 Å². The van der Waals surface area contributed by atoms with Gasteiger partial charge in [-0.2, -0.15) is 0 Å². The minimum Gasteiger partial charge on any atom is -0.478 e. The number of benzene rings is 1. The maximum absolute atomic E-state index is 13.9. The Morgan fingerprint density at radius 3 is 2.33 bits per heavy atom. The summed E-state index contributed by atoms with van der Waals surface area (Å²) in [5.41, 5.74) is -1.02. The molecule has 0 saturated carbocycles. The van der Waals surface area contributed by atoms with Gasteiger partial charge in [-0.25, -0.2) is 17.6 Å². The number of amides is 1. The molecular weight excluding hydrogens is 301 g/mol. The lowest BCUT2D eigenvalue weighted by Gasteiger charge is -2.17. The van der Waals surface area contributed by atoms with E-state index in [0.717, 1.165) is 18.4 Å². The van der Waals surface area contributed by atoms with Crippen molar-refractivity contribution in [2.45, 2.75) is 18.2 Å². The Bertz CT molecular complexity index is 684. The highest BCUT2D eigenvalue weighted by Gasteiger charge is 2.25. The van der Waals surface area contributed by atoms with Crippen LogP contribution in [-0.2, 0) is 9.84 Å². The van der Waals surface area contributed by atoms with E-state index in [1.165, 1.54) is 11.9 Å². The standard InChI is InChI=1S/C13H16FNO5S/c1-4-5-15(2)12(16)8-6-9(13(17)18)11(14)10(7-8)21(3,19)20/h6-7H,4-5H2,1-3H3,(H,17,18). The van der Waals surface area contributed by atoms with Crippen LogP contribution >= 0.6 is 0 Å². The maximum atomic E-state index is 13.9. The highest BCUT2D eigenvalue weighted by Crippen LogP contribution is 2.22. The fraction of sp³-hybridized carbons (Fsp3) is 0.385. The number of carbonyl (C=O) groups excluding carboxylic acids is 1. The lowest BCUT2D eigenvalue weighted by molar-refractivity contribution is 0.0691. The van der Waals surface area contributed by atoms with Gasteiger partial charge in [0.2, 0.25) is 0 Å².